The lowest BCUT2D eigenvalue weighted by atomic mass is 9.84. The van der Waals surface area contributed by atoms with Crippen LogP contribution in [-0.2, 0) is 12.2 Å². The van der Waals surface area contributed by atoms with Gasteiger partial charge in [-0.25, -0.2) is 4.98 Å². The molecule has 3 aromatic rings. The van der Waals surface area contributed by atoms with E-state index in [1.54, 1.807) is 0 Å². The first-order valence-corrected chi connectivity index (χ1v) is 12.4. The van der Waals surface area contributed by atoms with Gasteiger partial charge >= 0.3 is 0 Å². The van der Waals surface area contributed by atoms with E-state index in [4.69, 9.17) is 16.6 Å². The Labute approximate surface area is 192 Å². The van der Waals surface area contributed by atoms with Crippen molar-refractivity contribution >= 4 is 23.4 Å². The first kappa shape index (κ1) is 22.2. The molecule has 31 heavy (non-hydrogen) atoms. The number of rotatable bonds is 7. The summed E-state index contributed by atoms with van der Waals surface area (Å²) in [7, 11) is 0. The summed E-state index contributed by atoms with van der Waals surface area (Å²) in [6.07, 6.45) is 7.32. The third-order valence-corrected chi connectivity index (χ3v) is 7.10. The summed E-state index contributed by atoms with van der Waals surface area (Å²) in [5, 5.41) is 8.88. The van der Waals surface area contributed by atoms with Crippen LogP contribution in [0.1, 0.15) is 68.8 Å². The SMILES string of the molecule is CC(C)c1c(CC2CCCCC2)nc(SCc2cc(-c3ccc(Cl)cc3)[nH]n2)[nH]c1=O. The number of aromatic amines is 2. The van der Waals surface area contributed by atoms with Crippen LogP contribution >= 0.6 is 23.4 Å². The molecule has 164 valence electrons. The van der Waals surface area contributed by atoms with Gasteiger partial charge in [-0.3, -0.25) is 9.89 Å². The molecule has 0 amide bonds. The van der Waals surface area contributed by atoms with E-state index in [0.29, 0.717) is 21.8 Å². The molecule has 0 atom stereocenters. The second-order valence-electron chi connectivity index (χ2n) is 8.66. The van der Waals surface area contributed by atoms with Gasteiger partial charge in [-0.2, -0.15) is 5.10 Å². The summed E-state index contributed by atoms with van der Waals surface area (Å²) < 4.78 is 0. The molecule has 0 spiro atoms. The first-order chi connectivity index (χ1) is 15.0. The summed E-state index contributed by atoms with van der Waals surface area (Å²) in [5.74, 6) is 1.45. The third-order valence-electron chi connectivity index (χ3n) is 5.94. The number of H-pyrrole nitrogens is 2. The van der Waals surface area contributed by atoms with Crippen LogP contribution in [0.25, 0.3) is 11.3 Å². The average Bonchev–Trinajstić information content (AvgIpc) is 3.22. The van der Waals surface area contributed by atoms with Gasteiger partial charge in [0.05, 0.1) is 17.1 Å². The topological polar surface area (TPSA) is 74.4 Å². The van der Waals surface area contributed by atoms with Crippen LogP contribution in [0.4, 0.5) is 0 Å². The molecule has 1 aliphatic rings. The second-order valence-corrected chi connectivity index (χ2v) is 10.1. The predicted octanol–water partition coefficient (Wildman–Crippen LogP) is 6.35. The summed E-state index contributed by atoms with van der Waals surface area (Å²) in [6.45, 7) is 4.15. The van der Waals surface area contributed by atoms with Crippen molar-refractivity contribution in [2.45, 2.75) is 69.2 Å². The maximum Gasteiger partial charge on any atom is 0.255 e. The fourth-order valence-corrected chi connectivity index (χ4v) is 5.25. The summed E-state index contributed by atoms with van der Waals surface area (Å²) in [6, 6.07) is 9.69. The van der Waals surface area contributed by atoms with E-state index in [1.165, 1.54) is 43.9 Å². The lowest BCUT2D eigenvalue weighted by molar-refractivity contribution is 0.352. The number of thioether (sulfide) groups is 1. The highest BCUT2D eigenvalue weighted by atomic mass is 35.5. The maximum atomic E-state index is 12.8. The first-order valence-electron chi connectivity index (χ1n) is 11.1. The van der Waals surface area contributed by atoms with E-state index in [2.05, 4.69) is 29.0 Å². The quantitative estimate of drug-likeness (QED) is 0.320. The molecule has 0 unspecified atom stereocenters. The summed E-state index contributed by atoms with van der Waals surface area (Å²) >= 11 is 7.50. The Morgan fingerprint density at radius 2 is 1.90 bits per heavy atom. The molecule has 7 heteroatoms. The minimum absolute atomic E-state index is 0.00203. The summed E-state index contributed by atoms with van der Waals surface area (Å²) in [4.78, 5) is 20.7. The van der Waals surface area contributed by atoms with Gasteiger partial charge in [0.25, 0.3) is 5.56 Å². The van der Waals surface area contributed by atoms with Crippen LogP contribution < -0.4 is 5.56 Å². The molecule has 1 saturated carbocycles. The number of benzene rings is 1. The molecule has 0 bridgehead atoms. The summed E-state index contributed by atoms with van der Waals surface area (Å²) in [5.41, 5.74) is 4.73. The van der Waals surface area contributed by atoms with E-state index in [0.717, 1.165) is 34.6 Å². The van der Waals surface area contributed by atoms with Gasteiger partial charge < -0.3 is 4.98 Å². The van der Waals surface area contributed by atoms with E-state index in [-0.39, 0.29) is 11.5 Å². The standard InChI is InChI=1S/C24H29ClN4OS/c1-15(2)22-21(12-16-6-4-3-5-7-16)26-24(27-23(22)30)31-14-19-13-20(29-28-19)17-8-10-18(25)11-9-17/h8-11,13,15-16H,3-7,12,14H2,1-2H3,(H,28,29)(H,26,27,30). The predicted molar refractivity (Wildman–Crippen MR) is 128 cm³/mol. The number of hydrogen-bond acceptors (Lipinski definition) is 4. The zero-order chi connectivity index (χ0) is 21.8. The average molecular weight is 457 g/mol. The molecule has 1 aliphatic carbocycles. The molecule has 0 saturated heterocycles. The number of hydrogen-bond donors (Lipinski definition) is 2. The van der Waals surface area contributed by atoms with Crippen molar-refractivity contribution in [3.63, 3.8) is 0 Å². The third kappa shape index (κ3) is 5.60. The van der Waals surface area contributed by atoms with Crippen LogP contribution in [0.5, 0.6) is 0 Å². The van der Waals surface area contributed by atoms with Crippen molar-refractivity contribution in [3.8, 4) is 11.3 Å². The highest BCUT2D eigenvalue weighted by Crippen LogP contribution is 2.29. The Balaban J connectivity index is 1.49. The molecular weight excluding hydrogens is 428 g/mol. The Morgan fingerprint density at radius 3 is 2.61 bits per heavy atom. The van der Waals surface area contributed by atoms with Gasteiger partial charge in [0, 0.05) is 16.3 Å². The van der Waals surface area contributed by atoms with E-state index in [9.17, 15) is 4.79 Å². The van der Waals surface area contributed by atoms with E-state index >= 15 is 0 Å². The number of nitrogens with one attached hydrogen (secondary N) is 2. The normalized spacial score (nSPS) is 15.0. The molecule has 0 aliphatic heterocycles. The van der Waals surface area contributed by atoms with Gasteiger partial charge in [-0.15, -0.1) is 0 Å². The zero-order valence-corrected chi connectivity index (χ0v) is 19.7. The zero-order valence-electron chi connectivity index (χ0n) is 18.1. The highest BCUT2D eigenvalue weighted by molar-refractivity contribution is 7.98. The molecule has 5 nitrogen and oxygen atoms in total. The highest BCUT2D eigenvalue weighted by Gasteiger charge is 2.21. The number of aromatic nitrogens is 4. The van der Waals surface area contributed by atoms with Crippen molar-refractivity contribution in [2.24, 2.45) is 5.92 Å². The number of nitrogens with zero attached hydrogens (tertiary/aromatic N) is 2. The number of halogens is 1. The van der Waals surface area contributed by atoms with Crippen molar-refractivity contribution in [3.05, 3.63) is 62.7 Å². The Morgan fingerprint density at radius 1 is 1.16 bits per heavy atom. The van der Waals surface area contributed by atoms with Gasteiger partial charge in [-0.1, -0.05) is 81.4 Å². The van der Waals surface area contributed by atoms with Gasteiger partial charge in [0.15, 0.2) is 5.16 Å². The molecule has 1 fully saturated rings. The molecular formula is C24H29ClN4OS. The van der Waals surface area contributed by atoms with Crippen molar-refractivity contribution < 1.29 is 0 Å². The largest absolute Gasteiger partial charge is 0.301 e. The van der Waals surface area contributed by atoms with E-state index in [1.807, 2.05) is 30.3 Å². The Bertz CT molecular complexity index is 1070. The van der Waals surface area contributed by atoms with Crippen LogP contribution in [-0.4, -0.2) is 20.2 Å². The minimum Gasteiger partial charge on any atom is -0.301 e. The van der Waals surface area contributed by atoms with Crippen molar-refractivity contribution in [2.75, 3.05) is 0 Å². The van der Waals surface area contributed by atoms with Gasteiger partial charge in [0.1, 0.15) is 0 Å². The molecule has 1 aromatic carbocycles. The van der Waals surface area contributed by atoms with Crippen molar-refractivity contribution in [1.82, 2.24) is 20.2 Å². The Hall–Kier alpha value is -2.05. The Kier molecular flexibility index (Phi) is 7.18. The fraction of sp³-hybridized carbons (Fsp3) is 0.458. The maximum absolute atomic E-state index is 12.8. The minimum atomic E-state index is 0.00203. The molecule has 2 heterocycles. The van der Waals surface area contributed by atoms with Crippen LogP contribution in [0, 0.1) is 5.92 Å². The lowest BCUT2D eigenvalue weighted by Crippen LogP contribution is -2.22. The molecule has 2 N–H and O–H groups in total. The fourth-order valence-electron chi connectivity index (χ4n) is 4.35. The van der Waals surface area contributed by atoms with Gasteiger partial charge in [-0.05, 0) is 42.0 Å². The smallest absolute Gasteiger partial charge is 0.255 e. The lowest BCUT2D eigenvalue weighted by Gasteiger charge is -2.22. The van der Waals surface area contributed by atoms with Crippen LogP contribution in [0.15, 0.2) is 40.3 Å². The van der Waals surface area contributed by atoms with E-state index < -0.39 is 0 Å². The molecule has 4 rings (SSSR count). The van der Waals surface area contributed by atoms with Gasteiger partial charge in [0.2, 0.25) is 0 Å². The molecule has 0 radical (unpaired) electrons. The monoisotopic (exact) mass is 456 g/mol. The molecule has 2 aromatic heterocycles. The second kappa shape index (κ2) is 10.0. The van der Waals surface area contributed by atoms with Crippen molar-refractivity contribution in [1.29, 1.82) is 0 Å². The van der Waals surface area contributed by atoms with Crippen LogP contribution in [0.2, 0.25) is 5.02 Å². The van der Waals surface area contributed by atoms with Crippen LogP contribution in [0.3, 0.4) is 0 Å².